The van der Waals surface area contributed by atoms with Crippen LogP contribution in [0.25, 0.3) is 16.2 Å². The number of benzene rings is 1. The van der Waals surface area contributed by atoms with E-state index in [-0.39, 0.29) is 10.7 Å². The summed E-state index contributed by atoms with van der Waals surface area (Å²) in [6, 6.07) is 4.99. The number of halogens is 4. The molecule has 4 nitrogen and oxygen atoms in total. The highest BCUT2D eigenvalue weighted by molar-refractivity contribution is 7.15. The number of imidazole rings is 1. The summed E-state index contributed by atoms with van der Waals surface area (Å²) in [5.74, 6) is -2.24. The van der Waals surface area contributed by atoms with E-state index in [1.165, 1.54) is 17.5 Å². The molecule has 0 aliphatic heterocycles. The van der Waals surface area contributed by atoms with Crippen LogP contribution in [0.3, 0.4) is 0 Å². The summed E-state index contributed by atoms with van der Waals surface area (Å²) in [5, 5.41) is 10.6. The van der Waals surface area contributed by atoms with Gasteiger partial charge in [0.05, 0.1) is 5.69 Å². The summed E-state index contributed by atoms with van der Waals surface area (Å²) >= 11 is 0.876. The molecule has 0 radical (unpaired) electrons. The largest absolute Gasteiger partial charge is 0.476 e. The molecule has 0 atom stereocenters. The SMILES string of the molecule is O=C(O)c1c(C(F)(F)F)nc2scc(-c3ccc(F)cc3)n12. The predicted molar refractivity (Wildman–Crippen MR) is 70.4 cm³/mol. The Hall–Kier alpha value is -2.42. The van der Waals surface area contributed by atoms with Crippen LogP contribution in [0, 0.1) is 5.82 Å². The van der Waals surface area contributed by atoms with Crippen molar-refractivity contribution in [3.8, 4) is 11.3 Å². The first kappa shape index (κ1) is 14.5. The van der Waals surface area contributed by atoms with Gasteiger partial charge in [-0.3, -0.25) is 4.40 Å². The van der Waals surface area contributed by atoms with Crippen molar-refractivity contribution in [1.29, 1.82) is 0 Å². The van der Waals surface area contributed by atoms with Crippen LogP contribution in [0.5, 0.6) is 0 Å². The lowest BCUT2D eigenvalue weighted by Gasteiger charge is -2.06. The first-order valence-electron chi connectivity index (χ1n) is 5.85. The second-order valence-corrected chi connectivity index (χ2v) is 5.19. The quantitative estimate of drug-likeness (QED) is 0.725. The zero-order valence-corrected chi connectivity index (χ0v) is 11.4. The fourth-order valence-electron chi connectivity index (χ4n) is 2.08. The van der Waals surface area contributed by atoms with Gasteiger partial charge in [0.2, 0.25) is 0 Å². The van der Waals surface area contributed by atoms with Crippen molar-refractivity contribution in [2.75, 3.05) is 0 Å². The average molecular weight is 330 g/mol. The number of nitrogens with zero attached hydrogens (tertiary/aromatic N) is 2. The molecular formula is C13H6F4N2O2S. The third-order valence-corrected chi connectivity index (χ3v) is 3.80. The number of carbonyl (C=O) groups is 1. The molecule has 0 aliphatic rings. The number of carboxylic acids is 1. The van der Waals surface area contributed by atoms with Crippen LogP contribution >= 0.6 is 11.3 Å². The maximum absolute atomic E-state index is 13.0. The van der Waals surface area contributed by atoms with E-state index in [0.717, 1.165) is 27.9 Å². The molecule has 2 aromatic heterocycles. The van der Waals surface area contributed by atoms with Crippen LogP contribution < -0.4 is 0 Å². The number of aromatic nitrogens is 2. The number of carboxylic acid groups (broad SMARTS) is 1. The molecule has 1 N–H and O–H groups in total. The first-order chi connectivity index (χ1) is 10.3. The highest BCUT2D eigenvalue weighted by Crippen LogP contribution is 2.36. The Morgan fingerprint density at radius 1 is 1.23 bits per heavy atom. The van der Waals surface area contributed by atoms with Gasteiger partial charge < -0.3 is 5.11 Å². The first-order valence-corrected chi connectivity index (χ1v) is 6.73. The van der Waals surface area contributed by atoms with Gasteiger partial charge in [-0.25, -0.2) is 14.2 Å². The molecule has 2 heterocycles. The Bertz CT molecular complexity index is 865. The second kappa shape index (κ2) is 4.80. The van der Waals surface area contributed by atoms with E-state index in [2.05, 4.69) is 4.98 Å². The van der Waals surface area contributed by atoms with Crippen LogP contribution in [0.4, 0.5) is 17.6 Å². The number of aromatic carboxylic acids is 1. The Morgan fingerprint density at radius 3 is 2.41 bits per heavy atom. The van der Waals surface area contributed by atoms with E-state index in [9.17, 15) is 22.4 Å². The van der Waals surface area contributed by atoms with E-state index in [1.54, 1.807) is 0 Å². The fourth-order valence-corrected chi connectivity index (χ4v) is 2.97. The molecule has 1 aromatic carbocycles. The van der Waals surface area contributed by atoms with Crippen molar-refractivity contribution >= 4 is 22.3 Å². The minimum atomic E-state index is -4.88. The normalized spacial score (nSPS) is 12.0. The lowest BCUT2D eigenvalue weighted by atomic mass is 10.1. The maximum atomic E-state index is 13.0. The smallest absolute Gasteiger partial charge is 0.435 e. The third-order valence-electron chi connectivity index (χ3n) is 2.97. The van der Waals surface area contributed by atoms with Gasteiger partial charge in [0.1, 0.15) is 5.82 Å². The molecule has 114 valence electrons. The number of hydrogen-bond acceptors (Lipinski definition) is 3. The van der Waals surface area contributed by atoms with Crippen molar-refractivity contribution in [2.45, 2.75) is 6.18 Å². The van der Waals surface area contributed by atoms with E-state index in [4.69, 9.17) is 5.11 Å². The summed E-state index contributed by atoms with van der Waals surface area (Å²) in [6.07, 6.45) is -4.88. The van der Waals surface area contributed by atoms with Crippen LogP contribution in [-0.4, -0.2) is 20.5 Å². The predicted octanol–water partition coefficient (Wildman–Crippen LogP) is 3.92. The van der Waals surface area contributed by atoms with E-state index in [0.29, 0.717) is 5.56 Å². The van der Waals surface area contributed by atoms with E-state index >= 15 is 0 Å². The Balaban J connectivity index is 2.32. The Morgan fingerprint density at radius 2 is 1.86 bits per heavy atom. The zero-order valence-electron chi connectivity index (χ0n) is 10.6. The van der Waals surface area contributed by atoms with Crippen molar-refractivity contribution < 1.29 is 27.5 Å². The Kier molecular flexibility index (Phi) is 3.17. The lowest BCUT2D eigenvalue weighted by Crippen LogP contribution is -2.14. The number of thiazole rings is 1. The fraction of sp³-hybridized carbons (Fsp3) is 0.0769. The lowest BCUT2D eigenvalue weighted by molar-refractivity contribution is -0.141. The molecule has 0 aliphatic carbocycles. The molecule has 3 aromatic rings. The number of hydrogen-bond donors (Lipinski definition) is 1. The molecule has 0 bridgehead atoms. The summed E-state index contributed by atoms with van der Waals surface area (Å²) in [5.41, 5.74) is -1.81. The summed E-state index contributed by atoms with van der Waals surface area (Å²) < 4.78 is 52.7. The molecule has 0 spiro atoms. The van der Waals surface area contributed by atoms with Crippen LogP contribution in [0.15, 0.2) is 29.6 Å². The molecule has 0 amide bonds. The van der Waals surface area contributed by atoms with Gasteiger partial charge in [-0.1, -0.05) is 0 Å². The summed E-state index contributed by atoms with van der Waals surface area (Å²) in [4.78, 5) is 14.5. The van der Waals surface area contributed by atoms with Crippen molar-refractivity contribution in [3.05, 3.63) is 46.9 Å². The monoisotopic (exact) mass is 330 g/mol. The molecule has 0 unspecified atom stereocenters. The molecule has 9 heteroatoms. The van der Waals surface area contributed by atoms with Gasteiger partial charge in [-0.2, -0.15) is 13.2 Å². The number of alkyl halides is 3. The second-order valence-electron chi connectivity index (χ2n) is 4.36. The highest BCUT2D eigenvalue weighted by atomic mass is 32.1. The van der Waals surface area contributed by atoms with Crippen molar-refractivity contribution in [3.63, 3.8) is 0 Å². The molecule has 3 rings (SSSR count). The minimum Gasteiger partial charge on any atom is -0.476 e. The van der Waals surface area contributed by atoms with Gasteiger partial charge in [0, 0.05) is 5.38 Å². The standard InChI is InChI=1S/C13H6F4N2O2S/c14-7-3-1-6(2-4-7)8-5-22-12-18-10(13(15,16)17)9(11(20)21)19(8)12/h1-5H,(H,20,21). The topological polar surface area (TPSA) is 54.6 Å². The van der Waals surface area contributed by atoms with Gasteiger partial charge >= 0.3 is 12.1 Å². The number of rotatable bonds is 2. The molecule has 22 heavy (non-hydrogen) atoms. The van der Waals surface area contributed by atoms with E-state index < -0.39 is 29.4 Å². The van der Waals surface area contributed by atoms with Crippen LogP contribution in [0.1, 0.15) is 16.2 Å². The summed E-state index contributed by atoms with van der Waals surface area (Å²) in [6.45, 7) is 0. The van der Waals surface area contributed by atoms with E-state index in [1.807, 2.05) is 0 Å². The summed E-state index contributed by atoms with van der Waals surface area (Å²) in [7, 11) is 0. The van der Waals surface area contributed by atoms with Crippen molar-refractivity contribution in [2.24, 2.45) is 0 Å². The van der Waals surface area contributed by atoms with Crippen LogP contribution in [0.2, 0.25) is 0 Å². The minimum absolute atomic E-state index is 0.0935. The van der Waals surface area contributed by atoms with Gasteiger partial charge in [-0.15, -0.1) is 11.3 Å². The third kappa shape index (κ3) is 2.23. The van der Waals surface area contributed by atoms with Gasteiger partial charge in [-0.05, 0) is 29.8 Å². The molecule has 0 fully saturated rings. The van der Waals surface area contributed by atoms with Gasteiger partial charge in [0.15, 0.2) is 16.3 Å². The number of fused-ring (bicyclic) bond motifs is 1. The highest BCUT2D eigenvalue weighted by Gasteiger charge is 2.41. The van der Waals surface area contributed by atoms with Crippen molar-refractivity contribution in [1.82, 2.24) is 9.38 Å². The molecule has 0 saturated carbocycles. The zero-order chi connectivity index (χ0) is 16.1. The molecule has 0 saturated heterocycles. The van der Waals surface area contributed by atoms with Crippen LogP contribution in [-0.2, 0) is 6.18 Å². The van der Waals surface area contributed by atoms with Gasteiger partial charge in [0.25, 0.3) is 0 Å². The average Bonchev–Trinajstić information content (AvgIpc) is 2.97. The molecular weight excluding hydrogens is 324 g/mol. The Labute approximate surface area is 124 Å². The maximum Gasteiger partial charge on any atom is 0.435 e.